The van der Waals surface area contributed by atoms with Gasteiger partial charge >= 0.3 is 0 Å². The van der Waals surface area contributed by atoms with E-state index in [9.17, 15) is 13.2 Å². The van der Waals surface area contributed by atoms with Crippen molar-refractivity contribution in [3.63, 3.8) is 0 Å². The van der Waals surface area contributed by atoms with Crippen molar-refractivity contribution in [2.75, 3.05) is 4.90 Å². The predicted molar refractivity (Wildman–Crippen MR) is 92.6 cm³/mol. The van der Waals surface area contributed by atoms with Gasteiger partial charge in [0.25, 0.3) is 0 Å². The Bertz CT molecular complexity index is 901. The third kappa shape index (κ3) is 3.09. The van der Waals surface area contributed by atoms with E-state index in [-0.39, 0.29) is 29.3 Å². The Balaban J connectivity index is 1.57. The van der Waals surface area contributed by atoms with Crippen molar-refractivity contribution in [1.82, 2.24) is 4.72 Å². The van der Waals surface area contributed by atoms with E-state index in [2.05, 4.69) is 4.72 Å². The van der Waals surface area contributed by atoms with Gasteiger partial charge in [0.05, 0.1) is 17.7 Å². The van der Waals surface area contributed by atoms with Crippen molar-refractivity contribution >= 4 is 21.6 Å². The van der Waals surface area contributed by atoms with Crippen LogP contribution in [0.15, 0.2) is 45.9 Å². The number of hydrogen-bond acceptors (Lipinski definition) is 4. The number of carbonyl (C=O) groups is 1. The maximum atomic E-state index is 12.5. The van der Waals surface area contributed by atoms with Crippen molar-refractivity contribution < 1.29 is 17.6 Å². The van der Waals surface area contributed by atoms with Crippen molar-refractivity contribution in [2.24, 2.45) is 5.92 Å². The van der Waals surface area contributed by atoms with Gasteiger partial charge in [-0.1, -0.05) is 0 Å². The molecule has 2 aliphatic rings. The lowest BCUT2D eigenvalue weighted by Crippen LogP contribution is -2.36. The lowest BCUT2D eigenvalue weighted by molar-refractivity contribution is -0.120. The zero-order valence-corrected chi connectivity index (χ0v) is 14.8. The molecular formula is C18H20N2O4S. The van der Waals surface area contributed by atoms with Crippen LogP contribution >= 0.6 is 0 Å². The molecule has 132 valence electrons. The molecule has 7 heteroatoms. The standard InChI is InChI=1S/C18H20N2O4S/c1-12-9-14-10-16(25(22,23)19-11-15-3-2-8-24-15)6-7-17(14)20(12)18(21)13-4-5-13/h2-3,6-8,10,12-13,19H,4-5,9,11H2,1H3/t12-/m1/s1. The maximum absolute atomic E-state index is 12.5. The van der Waals surface area contributed by atoms with Crippen LogP contribution in [0.5, 0.6) is 0 Å². The van der Waals surface area contributed by atoms with E-state index in [1.54, 1.807) is 30.3 Å². The lowest BCUT2D eigenvalue weighted by atomic mass is 10.1. The average molecular weight is 360 g/mol. The van der Waals surface area contributed by atoms with E-state index in [1.165, 1.54) is 6.26 Å². The molecule has 1 atom stereocenters. The third-order valence-corrected chi connectivity index (χ3v) is 6.16. The second kappa shape index (κ2) is 6.00. The summed E-state index contributed by atoms with van der Waals surface area (Å²) in [5.41, 5.74) is 1.75. The highest BCUT2D eigenvalue weighted by atomic mass is 32.2. The molecule has 25 heavy (non-hydrogen) atoms. The molecule has 0 spiro atoms. The number of amides is 1. The number of carbonyl (C=O) groups excluding carboxylic acids is 1. The summed E-state index contributed by atoms with van der Waals surface area (Å²) < 4.78 is 32.7. The quantitative estimate of drug-likeness (QED) is 0.888. The number of rotatable bonds is 5. The van der Waals surface area contributed by atoms with Crippen LogP contribution in [-0.2, 0) is 27.8 Å². The monoisotopic (exact) mass is 360 g/mol. The Morgan fingerprint density at radius 1 is 1.32 bits per heavy atom. The molecule has 1 saturated carbocycles. The fourth-order valence-electron chi connectivity index (χ4n) is 3.30. The molecule has 1 aliphatic heterocycles. The molecule has 2 heterocycles. The van der Waals surface area contributed by atoms with Crippen LogP contribution in [-0.4, -0.2) is 20.4 Å². The lowest BCUT2D eigenvalue weighted by Gasteiger charge is -2.22. The van der Waals surface area contributed by atoms with Gasteiger partial charge in [0.15, 0.2) is 0 Å². The van der Waals surface area contributed by atoms with Crippen LogP contribution in [0.3, 0.4) is 0 Å². The first-order valence-corrected chi connectivity index (χ1v) is 9.92. The Morgan fingerprint density at radius 2 is 2.12 bits per heavy atom. The van der Waals surface area contributed by atoms with Gasteiger partial charge in [-0.2, -0.15) is 0 Å². The summed E-state index contributed by atoms with van der Waals surface area (Å²) >= 11 is 0. The number of hydrogen-bond donors (Lipinski definition) is 1. The van der Waals surface area contributed by atoms with Crippen LogP contribution in [0.2, 0.25) is 0 Å². The van der Waals surface area contributed by atoms with Crippen molar-refractivity contribution in [2.45, 2.75) is 43.7 Å². The first-order valence-electron chi connectivity index (χ1n) is 8.44. The van der Waals surface area contributed by atoms with Gasteiger partial charge in [-0.15, -0.1) is 0 Å². The molecular weight excluding hydrogens is 340 g/mol. The van der Waals surface area contributed by atoms with E-state index >= 15 is 0 Å². The van der Waals surface area contributed by atoms with E-state index in [1.807, 2.05) is 11.8 Å². The minimum Gasteiger partial charge on any atom is -0.468 e. The van der Waals surface area contributed by atoms with Crippen molar-refractivity contribution in [3.8, 4) is 0 Å². The highest BCUT2D eigenvalue weighted by Gasteiger charge is 2.39. The fourth-order valence-corrected chi connectivity index (χ4v) is 4.34. The Labute approximate surface area is 146 Å². The molecule has 1 aromatic heterocycles. The Hall–Kier alpha value is -2.12. The van der Waals surface area contributed by atoms with Crippen LogP contribution in [0.25, 0.3) is 0 Å². The van der Waals surface area contributed by atoms with Crippen molar-refractivity contribution in [1.29, 1.82) is 0 Å². The summed E-state index contributed by atoms with van der Waals surface area (Å²) in [6.07, 6.45) is 4.10. The van der Waals surface area contributed by atoms with Crippen LogP contribution in [0.1, 0.15) is 31.1 Å². The number of nitrogens with one attached hydrogen (secondary N) is 1. The van der Waals surface area contributed by atoms with Gasteiger partial charge in [-0.25, -0.2) is 13.1 Å². The molecule has 1 aliphatic carbocycles. The van der Waals surface area contributed by atoms with Gasteiger partial charge in [0.2, 0.25) is 15.9 Å². The topological polar surface area (TPSA) is 79.6 Å². The first-order chi connectivity index (χ1) is 12.0. The molecule has 1 aromatic carbocycles. The highest BCUT2D eigenvalue weighted by Crippen LogP contribution is 2.39. The molecule has 1 fully saturated rings. The third-order valence-electron chi connectivity index (χ3n) is 4.76. The zero-order valence-electron chi connectivity index (χ0n) is 13.9. The molecule has 4 rings (SSSR count). The number of benzene rings is 1. The van der Waals surface area contributed by atoms with Crippen LogP contribution in [0, 0.1) is 5.92 Å². The molecule has 1 N–H and O–H groups in total. The van der Waals surface area contributed by atoms with E-state index < -0.39 is 10.0 Å². The summed E-state index contributed by atoms with van der Waals surface area (Å²) in [7, 11) is -3.63. The summed E-state index contributed by atoms with van der Waals surface area (Å²) in [6.45, 7) is 2.11. The second-order valence-corrected chi connectivity index (χ2v) is 8.50. The molecule has 1 amide bonds. The van der Waals surface area contributed by atoms with Crippen LogP contribution < -0.4 is 9.62 Å². The molecule has 0 saturated heterocycles. The van der Waals surface area contributed by atoms with Gasteiger partial charge in [-0.3, -0.25) is 4.79 Å². The SMILES string of the molecule is C[C@@H]1Cc2cc(S(=O)(=O)NCc3ccco3)ccc2N1C(=O)C1CC1. The minimum atomic E-state index is -3.63. The molecule has 0 unspecified atom stereocenters. The largest absolute Gasteiger partial charge is 0.468 e. The van der Waals surface area contributed by atoms with Gasteiger partial charge < -0.3 is 9.32 Å². The second-order valence-electron chi connectivity index (χ2n) is 6.73. The normalized spacial score (nSPS) is 19.9. The van der Waals surface area contributed by atoms with Gasteiger partial charge in [0, 0.05) is 17.6 Å². The van der Waals surface area contributed by atoms with Crippen LogP contribution in [0.4, 0.5) is 5.69 Å². The minimum absolute atomic E-state index is 0.0668. The first kappa shape index (κ1) is 16.4. The summed E-state index contributed by atoms with van der Waals surface area (Å²) in [4.78, 5) is 14.5. The Morgan fingerprint density at radius 3 is 2.80 bits per heavy atom. The number of nitrogens with zero attached hydrogens (tertiary/aromatic N) is 1. The van der Waals surface area contributed by atoms with E-state index in [0.717, 1.165) is 24.1 Å². The highest BCUT2D eigenvalue weighted by molar-refractivity contribution is 7.89. The van der Waals surface area contributed by atoms with E-state index in [4.69, 9.17) is 4.42 Å². The summed E-state index contributed by atoms with van der Waals surface area (Å²) in [6, 6.07) is 8.49. The van der Waals surface area contributed by atoms with Gasteiger partial charge in [0.1, 0.15) is 5.76 Å². The molecule has 0 radical (unpaired) electrons. The maximum Gasteiger partial charge on any atom is 0.240 e. The molecule has 2 aromatic rings. The predicted octanol–water partition coefficient (Wildman–Crippen LogP) is 2.45. The average Bonchev–Trinajstić information content (AvgIpc) is 3.19. The molecule has 0 bridgehead atoms. The number of anilines is 1. The van der Waals surface area contributed by atoms with Crippen molar-refractivity contribution in [3.05, 3.63) is 47.9 Å². The number of fused-ring (bicyclic) bond motifs is 1. The van der Waals surface area contributed by atoms with Gasteiger partial charge in [-0.05, 0) is 62.1 Å². The van der Waals surface area contributed by atoms with E-state index in [0.29, 0.717) is 12.2 Å². The fraction of sp³-hybridized carbons (Fsp3) is 0.389. The summed E-state index contributed by atoms with van der Waals surface area (Å²) in [5.74, 6) is 0.865. The summed E-state index contributed by atoms with van der Waals surface area (Å²) in [5, 5.41) is 0. The smallest absolute Gasteiger partial charge is 0.240 e. The molecule has 6 nitrogen and oxygen atoms in total. The number of furan rings is 1. The number of sulfonamides is 1. The zero-order chi connectivity index (χ0) is 17.6. The Kier molecular flexibility index (Phi) is 3.92.